The molecule has 4 rings (SSSR count). The van der Waals surface area contributed by atoms with Crippen molar-refractivity contribution in [2.75, 3.05) is 4.90 Å². The predicted molar refractivity (Wildman–Crippen MR) is 85.4 cm³/mol. The Kier molecular flexibility index (Phi) is 2.51. The molecule has 1 aromatic heterocycles. The summed E-state index contributed by atoms with van der Waals surface area (Å²) in [7, 11) is 0. The van der Waals surface area contributed by atoms with Crippen molar-refractivity contribution >= 4 is 28.4 Å². The zero-order chi connectivity index (χ0) is 15.4. The number of aromatic nitrogens is 1. The molecule has 0 fully saturated rings. The Morgan fingerprint density at radius 2 is 1.55 bits per heavy atom. The number of carbonyl (C=O) groups excluding carboxylic acids is 2. The average Bonchev–Trinajstić information content (AvgIpc) is 2.95. The van der Waals surface area contributed by atoms with Crippen LogP contribution in [0.1, 0.15) is 32.0 Å². The van der Waals surface area contributed by atoms with Crippen LogP contribution in [0.2, 0.25) is 0 Å². The number of nitrogens with zero attached hydrogens (tertiary/aromatic N) is 1. The van der Waals surface area contributed by atoms with E-state index in [1.54, 1.807) is 30.3 Å². The Bertz CT molecular complexity index is 918. The summed E-state index contributed by atoms with van der Waals surface area (Å²) in [4.78, 5) is 29.6. The van der Waals surface area contributed by atoms with Gasteiger partial charge >= 0.3 is 0 Å². The second kappa shape index (κ2) is 4.31. The van der Waals surface area contributed by atoms with Crippen molar-refractivity contribution in [3.8, 4) is 0 Å². The molecule has 4 heteroatoms. The highest BCUT2D eigenvalue weighted by atomic mass is 16.2. The maximum Gasteiger partial charge on any atom is 0.266 e. The Labute approximate surface area is 127 Å². The Morgan fingerprint density at radius 3 is 2.18 bits per heavy atom. The van der Waals surface area contributed by atoms with Gasteiger partial charge in [0.1, 0.15) is 0 Å². The number of amides is 2. The normalized spacial score (nSPS) is 14.0. The molecule has 2 heterocycles. The number of H-pyrrole nitrogens is 1. The van der Waals surface area contributed by atoms with Gasteiger partial charge in [-0.05, 0) is 49.7 Å². The Hall–Kier alpha value is -2.88. The molecule has 1 N–H and O–H groups in total. The molecule has 0 spiro atoms. The van der Waals surface area contributed by atoms with Gasteiger partial charge in [0.25, 0.3) is 11.8 Å². The molecular weight excluding hydrogens is 276 g/mol. The van der Waals surface area contributed by atoms with Gasteiger partial charge in [0, 0.05) is 16.6 Å². The molecule has 108 valence electrons. The number of aromatic amines is 1. The van der Waals surface area contributed by atoms with Crippen molar-refractivity contribution in [1.82, 2.24) is 4.98 Å². The van der Waals surface area contributed by atoms with Crippen LogP contribution >= 0.6 is 0 Å². The lowest BCUT2D eigenvalue weighted by molar-refractivity contribution is 0.0926. The highest BCUT2D eigenvalue weighted by Gasteiger charge is 2.36. The third kappa shape index (κ3) is 1.58. The fraction of sp³-hybridized carbons (Fsp3) is 0.111. The van der Waals surface area contributed by atoms with Crippen molar-refractivity contribution in [2.45, 2.75) is 13.8 Å². The van der Waals surface area contributed by atoms with E-state index in [1.807, 2.05) is 26.0 Å². The molecule has 3 aromatic rings. The van der Waals surface area contributed by atoms with Crippen LogP contribution in [0.15, 0.2) is 42.5 Å². The lowest BCUT2D eigenvalue weighted by Crippen LogP contribution is -2.29. The summed E-state index contributed by atoms with van der Waals surface area (Å²) in [6.45, 7) is 4.04. The SMILES string of the molecule is Cc1[nH]c2ccc(N3C(=O)c4ccccc4C3=O)cc2c1C. The molecule has 1 aliphatic rings. The second-order valence-electron chi connectivity index (χ2n) is 5.60. The van der Waals surface area contributed by atoms with Gasteiger partial charge in [0.15, 0.2) is 0 Å². The molecule has 4 nitrogen and oxygen atoms in total. The van der Waals surface area contributed by atoms with Gasteiger partial charge in [-0.25, -0.2) is 4.90 Å². The van der Waals surface area contributed by atoms with E-state index in [4.69, 9.17) is 0 Å². The van der Waals surface area contributed by atoms with Gasteiger partial charge < -0.3 is 4.98 Å². The van der Waals surface area contributed by atoms with Crippen LogP contribution in [-0.4, -0.2) is 16.8 Å². The first-order valence-corrected chi connectivity index (χ1v) is 7.14. The summed E-state index contributed by atoms with van der Waals surface area (Å²) >= 11 is 0. The molecule has 0 atom stereocenters. The number of rotatable bonds is 1. The zero-order valence-corrected chi connectivity index (χ0v) is 12.3. The lowest BCUT2D eigenvalue weighted by Gasteiger charge is -2.14. The number of imide groups is 1. The molecule has 22 heavy (non-hydrogen) atoms. The predicted octanol–water partition coefficient (Wildman–Crippen LogP) is 3.59. The van der Waals surface area contributed by atoms with Crippen molar-refractivity contribution in [1.29, 1.82) is 0 Å². The monoisotopic (exact) mass is 290 g/mol. The fourth-order valence-electron chi connectivity index (χ4n) is 3.01. The van der Waals surface area contributed by atoms with E-state index in [9.17, 15) is 9.59 Å². The first-order valence-electron chi connectivity index (χ1n) is 7.14. The van der Waals surface area contributed by atoms with E-state index >= 15 is 0 Å². The van der Waals surface area contributed by atoms with E-state index in [0.717, 1.165) is 22.2 Å². The van der Waals surface area contributed by atoms with Crippen molar-refractivity contribution in [3.05, 3.63) is 64.8 Å². The molecule has 0 aliphatic carbocycles. The van der Waals surface area contributed by atoms with E-state index in [2.05, 4.69) is 4.98 Å². The first kappa shape index (κ1) is 12.8. The molecule has 0 saturated heterocycles. The average molecular weight is 290 g/mol. The van der Waals surface area contributed by atoms with Gasteiger partial charge in [0.05, 0.1) is 16.8 Å². The molecule has 0 bridgehead atoms. The van der Waals surface area contributed by atoms with E-state index in [0.29, 0.717) is 16.8 Å². The van der Waals surface area contributed by atoms with E-state index < -0.39 is 0 Å². The molecule has 1 aliphatic heterocycles. The minimum Gasteiger partial charge on any atom is -0.358 e. The molecule has 2 amide bonds. The van der Waals surface area contributed by atoms with Crippen LogP contribution in [0.4, 0.5) is 5.69 Å². The van der Waals surface area contributed by atoms with Crippen molar-refractivity contribution in [3.63, 3.8) is 0 Å². The number of benzene rings is 2. The third-order valence-corrected chi connectivity index (χ3v) is 4.34. The van der Waals surface area contributed by atoms with Crippen LogP contribution in [0.3, 0.4) is 0 Å². The number of anilines is 1. The summed E-state index contributed by atoms with van der Waals surface area (Å²) < 4.78 is 0. The number of carbonyl (C=O) groups is 2. The molecule has 2 aromatic carbocycles. The van der Waals surface area contributed by atoms with Crippen LogP contribution in [0, 0.1) is 13.8 Å². The van der Waals surface area contributed by atoms with Gasteiger partial charge in [-0.2, -0.15) is 0 Å². The van der Waals surface area contributed by atoms with Crippen molar-refractivity contribution in [2.24, 2.45) is 0 Å². The number of hydrogen-bond acceptors (Lipinski definition) is 2. The highest BCUT2D eigenvalue weighted by Crippen LogP contribution is 2.31. The zero-order valence-electron chi connectivity index (χ0n) is 12.3. The van der Waals surface area contributed by atoms with Crippen LogP contribution < -0.4 is 4.90 Å². The molecule has 0 unspecified atom stereocenters. The van der Waals surface area contributed by atoms with Gasteiger partial charge in [0.2, 0.25) is 0 Å². The summed E-state index contributed by atoms with van der Waals surface area (Å²) in [6.07, 6.45) is 0. The Balaban J connectivity index is 1.88. The maximum atomic E-state index is 12.5. The number of fused-ring (bicyclic) bond motifs is 2. The molecular formula is C18H14N2O2. The summed E-state index contributed by atoms with van der Waals surface area (Å²) in [5.74, 6) is -0.519. The fourth-order valence-corrected chi connectivity index (χ4v) is 3.01. The molecule has 0 saturated carbocycles. The topological polar surface area (TPSA) is 53.2 Å². The van der Waals surface area contributed by atoms with Gasteiger partial charge in [-0.3, -0.25) is 9.59 Å². The lowest BCUT2D eigenvalue weighted by atomic mass is 10.1. The van der Waals surface area contributed by atoms with Gasteiger partial charge in [-0.1, -0.05) is 12.1 Å². The van der Waals surface area contributed by atoms with E-state index in [-0.39, 0.29) is 11.8 Å². The standard InChI is InChI=1S/C18H14N2O2/c1-10-11(2)19-16-8-7-12(9-15(10)16)20-17(21)13-5-3-4-6-14(13)18(20)22/h3-9,19H,1-2H3. The minimum absolute atomic E-state index is 0.259. The minimum atomic E-state index is -0.259. The van der Waals surface area contributed by atoms with Crippen LogP contribution in [0.25, 0.3) is 10.9 Å². The number of hydrogen-bond donors (Lipinski definition) is 1. The number of nitrogens with one attached hydrogen (secondary N) is 1. The van der Waals surface area contributed by atoms with Crippen LogP contribution in [0.5, 0.6) is 0 Å². The highest BCUT2D eigenvalue weighted by molar-refractivity contribution is 6.34. The van der Waals surface area contributed by atoms with Gasteiger partial charge in [-0.15, -0.1) is 0 Å². The quantitative estimate of drug-likeness (QED) is 0.696. The van der Waals surface area contributed by atoms with Crippen molar-refractivity contribution < 1.29 is 9.59 Å². The van der Waals surface area contributed by atoms with Crippen LogP contribution in [-0.2, 0) is 0 Å². The van der Waals surface area contributed by atoms with E-state index in [1.165, 1.54) is 4.90 Å². The number of aryl methyl sites for hydroxylation is 2. The first-order chi connectivity index (χ1) is 10.6. The largest absolute Gasteiger partial charge is 0.358 e. The second-order valence-corrected chi connectivity index (χ2v) is 5.60. The molecule has 0 radical (unpaired) electrons. The summed E-state index contributed by atoms with van der Waals surface area (Å²) in [6, 6.07) is 12.6. The summed E-state index contributed by atoms with van der Waals surface area (Å²) in [5.41, 5.74) is 4.78. The summed E-state index contributed by atoms with van der Waals surface area (Å²) in [5, 5.41) is 1.03. The third-order valence-electron chi connectivity index (χ3n) is 4.34. The maximum absolute atomic E-state index is 12.5. The smallest absolute Gasteiger partial charge is 0.266 e. The Morgan fingerprint density at radius 1 is 0.909 bits per heavy atom.